The molecule has 7 heteroatoms. The van der Waals surface area contributed by atoms with Crippen molar-refractivity contribution in [2.45, 2.75) is 45.1 Å². The predicted molar refractivity (Wildman–Crippen MR) is 107 cm³/mol. The number of nitrogens with zero attached hydrogens (tertiary/aromatic N) is 4. The molecule has 1 amide bonds. The van der Waals surface area contributed by atoms with E-state index >= 15 is 0 Å². The van der Waals surface area contributed by atoms with E-state index in [1.54, 1.807) is 6.20 Å². The van der Waals surface area contributed by atoms with Crippen LogP contribution in [0.25, 0.3) is 5.65 Å². The molecule has 0 N–H and O–H groups in total. The zero-order valence-electron chi connectivity index (χ0n) is 16.9. The van der Waals surface area contributed by atoms with Crippen LogP contribution in [0.15, 0.2) is 42.6 Å². The van der Waals surface area contributed by atoms with Gasteiger partial charge < -0.3 is 9.64 Å². The van der Waals surface area contributed by atoms with E-state index in [2.05, 4.69) is 25.8 Å². The Kier molecular flexibility index (Phi) is 4.98. The van der Waals surface area contributed by atoms with Crippen molar-refractivity contribution in [2.24, 2.45) is 0 Å². The third-order valence-corrected chi connectivity index (χ3v) is 5.25. The molecule has 1 aliphatic heterocycles. The summed E-state index contributed by atoms with van der Waals surface area (Å²) in [5.74, 6) is 0.0486. The minimum Gasteiger partial charge on any atom is -0.484 e. The van der Waals surface area contributed by atoms with E-state index in [-0.39, 0.29) is 29.8 Å². The molecular formula is C22H25FN4O2. The van der Waals surface area contributed by atoms with Crippen LogP contribution in [0, 0.1) is 5.82 Å². The van der Waals surface area contributed by atoms with E-state index in [0.717, 1.165) is 29.9 Å². The maximum absolute atomic E-state index is 13.0. The molecular weight excluding hydrogens is 371 g/mol. The van der Waals surface area contributed by atoms with Crippen molar-refractivity contribution in [1.82, 2.24) is 19.5 Å². The van der Waals surface area contributed by atoms with Gasteiger partial charge in [0.25, 0.3) is 5.91 Å². The third kappa shape index (κ3) is 3.95. The van der Waals surface area contributed by atoms with Crippen LogP contribution in [0.3, 0.4) is 0 Å². The molecule has 1 saturated heterocycles. The standard InChI is InChI=1S/C22H25FN4O2/c1-22(2,3)19-13-20-24-11-10-18(27(20)25-19)17-5-4-12-26(17)21(28)14-29-16-8-6-15(23)7-9-16/h6-11,13,17H,4-5,12,14H2,1-3H3/t17-/m1/s1. The summed E-state index contributed by atoms with van der Waals surface area (Å²) in [5.41, 5.74) is 2.62. The Morgan fingerprint density at radius 1 is 1.24 bits per heavy atom. The Labute approximate surface area is 169 Å². The molecule has 1 fully saturated rings. The molecule has 0 spiro atoms. The molecule has 29 heavy (non-hydrogen) atoms. The van der Waals surface area contributed by atoms with Gasteiger partial charge in [0.2, 0.25) is 0 Å². The first-order valence-corrected chi connectivity index (χ1v) is 9.86. The number of benzene rings is 1. The Morgan fingerprint density at radius 2 is 2.00 bits per heavy atom. The molecule has 6 nitrogen and oxygen atoms in total. The van der Waals surface area contributed by atoms with E-state index in [4.69, 9.17) is 9.84 Å². The highest BCUT2D eigenvalue weighted by molar-refractivity contribution is 5.78. The van der Waals surface area contributed by atoms with Gasteiger partial charge in [-0.15, -0.1) is 0 Å². The number of halogens is 1. The number of fused-ring (bicyclic) bond motifs is 1. The fraction of sp³-hybridized carbons (Fsp3) is 0.409. The summed E-state index contributed by atoms with van der Waals surface area (Å²) in [6.07, 6.45) is 3.56. The number of rotatable bonds is 4. The fourth-order valence-electron chi connectivity index (χ4n) is 3.66. The van der Waals surface area contributed by atoms with Crippen LogP contribution in [0.1, 0.15) is 51.0 Å². The van der Waals surface area contributed by atoms with Crippen LogP contribution in [0.5, 0.6) is 5.75 Å². The monoisotopic (exact) mass is 396 g/mol. The van der Waals surface area contributed by atoms with Crippen molar-refractivity contribution in [3.05, 3.63) is 59.8 Å². The van der Waals surface area contributed by atoms with Crippen molar-refractivity contribution in [2.75, 3.05) is 13.2 Å². The molecule has 0 bridgehead atoms. The molecule has 2 aromatic heterocycles. The molecule has 4 rings (SSSR count). The topological polar surface area (TPSA) is 59.7 Å². The van der Waals surface area contributed by atoms with E-state index in [0.29, 0.717) is 12.3 Å². The van der Waals surface area contributed by atoms with Crippen molar-refractivity contribution >= 4 is 11.6 Å². The number of amides is 1. The fourth-order valence-corrected chi connectivity index (χ4v) is 3.66. The maximum Gasteiger partial charge on any atom is 0.261 e. The van der Waals surface area contributed by atoms with E-state index in [1.165, 1.54) is 24.3 Å². The molecule has 0 saturated carbocycles. The Hall–Kier alpha value is -2.96. The van der Waals surface area contributed by atoms with Crippen LogP contribution >= 0.6 is 0 Å². The number of ether oxygens (including phenoxy) is 1. The summed E-state index contributed by atoms with van der Waals surface area (Å²) in [7, 11) is 0. The maximum atomic E-state index is 13.0. The molecule has 152 valence electrons. The van der Waals surface area contributed by atoms with Gasteiger partial charge in [-0.2, -0.15) is 5.10 Å². The molecule has 1 atom stereocenters. The Morgan fingerprint density at radius 3 is 2.72 bits per heavy atom. The minimum atomic E-state index is -0.334. The van der Waals surface area contributed by atoms with Gasteiger partial charge in [0.15, 0.2) is 12.3 Å². The second-order valence-corrected chi connectivity index (χ2v) is 8.41. The van der Waals surface area contributed by atoms with Crippen molar-refractivity contribution in [1.29, 1.82) is 0 Å². The van der Waals surface area contributed by atoms with Gasteiger partial charge in [0, 0.05) is 24.2 Å². The lowest BCUT2D eigenvalue weighted by Crippen LogP contribution is -2.35. The average molecular weight is 396 g/mol. The van der Waals surface area contributed by atoms with Crippen LogP contribution in [-0.2, 0) is 10.2 Å². The smallest absolute Gasteiger partial charge is 0.261 e. The SMILES string of the molecule is CC(C)(C)c1cc2nccc([C@H]3CCCN3C(=O)COc3ccc(F)cc3)n2n1. The number of likely N-dealkylation sites (tertiary alicyclic amines) is 1. The molecule has 0 unspecified atom stereocenters. The second-order valence-electron chi connectivity index (χ2n) is 8.41. The molecule has 1 aromatic carbocycles. The Bertz CT molecular complexity index is 1020. The van der Waals surface area contributed by atoms with Gasteiger partial charge in [0.1, 0.15) is 11.6 Å². The average Bonchev–Trinajstić information content (AvgIpc) is 3.34. The highest BCUT2D eigenvalue weighted by atomic mass is 19.1. The lowest BCUT2D eigenvalue weighted by Gasteiger charge is -2.25. The summed E-state index contributed by atoms with van der Waals surface area (Å²) < 4.78 is 20.5. The molecule has 3 aromatic rings. The van der Waals surface area contributed by atoms with Gasteiger partial charge in [-0.25, -0.2) is 13.9 Å². The van der Waals surface area contributed by atoms with Crippen LogP contribution < -0.4 is 4.74 Å². The van der Waals surface area contributed by atoms with Crippen molar-refractivity contribution in [3.63, 3.8) is 0 Å². The number of hydrogen-bond acceptors (Lipinski definition) is 4. The lowest BCUT2D eigenvalue weighted by molar-refractivity contribution is -0.134. The number of hydrogen-bond donors (Lipinski definition) is 0. The summed E-state index contributed by atoms with van der Waals surface area (Å²) >= 11 is 0. The normalized spacial score (nSPS) is 17.1. The Balaban J connectivity index is 1.55. The largest absolute Gasteiger partial charge is 0.484 e. The van der Waals surface area contributed by atoms with E-state index in [9.17, 15) is 9.18 Å². The second kappa shape index (κ2) is 7.46. The molecule has 0 aliphatic carbocycles. The molecule has 1 aliphatic rings. The first kappa shape index (κ1) is 19.4. The first-order chi connectivity index (χ1) is 13.8. The quantitative estimate of drug-likeness (QED) is 0.671. The first-order valence-electron chi connectivity index (χ1n) is 9.86. The van der Waals surface area contributed by atoms with E-state index in [1.807, 2.05) is 21.5 Å². The number of carbonyl (C=O) groups is 1. The third-order valence-electron chi connectivity index (χ3n) is 5.25. The van der Waals surface area contributed by atoms with Gasteiger partial charge in [-0.3, -0.25) is 4.79 Å². The summed E-state index contributed by atoms with van der Waals surface area (Å²) in [4.78, 5) is 19.1. The predicted octanol–water partition coefficient (Wildman–Crippen LogP) is 3.91. The number of aromatic nitrogens is 3. The zero-order chi connectivity index (χ0) is 20.6. The molecule has 0 radical (unpaired) electrons. The van der Waals surface area contributed by atoms with Crippen LogP contribution in [0.4, 0.5) is 4.39 Å². The highest BCUT2D eigenvalue weighted by Crippen LogP contribution is 2.33. The summed E-state index contributed by atoms with van der Waals surface area (Å²) in [6, 6.07) is 9.54. The minimum absolute atomic E-state index is 0.0717. The van der Waals surface area contributed by atoms with Crippen LogP contribution in [-0.4, -0.2) is 38.6 Å². The van der Waals surface area contributed by atoms with Gasteiger partial charge in [-0.05, 0) is 43.2 Å². The highest BCUT2D eigenvalue weighted by Gasteiger charge is 2.32. The van der Waals surface area contributed by atoms with E-state index < -0.39 is 0 Å². The van der Waals surface area contributed by atoms with Crippen molar-refractivity contribution in [3.8, 4) is 5.75 Å². The molecule has 3 heterocycles. The van der Waals surface area contributed by atoms with Gasteiger partial charge >= 0.3 is 0 Å². The lowest BCUT2D eigenvalue weighted by atomic mass is 9.93. The summed E-state index contributed by atoms with van der Waals surface area (Å²) in [6.45, 7) is 6.95. The zero-order valence-corrected chi connectivity index (χ0v) is 16.9. The van der Waals surface area contributed by atoms with Gasteiger partial charge in [0.05, 0.1) is 17.4 Å². The summed E-state index contributed by atoms with van der Waals surface area (Å²) in [5, 5.41) is 4.77. The van der Waals surface area contributed by atoms with Gasteiger partial charge in [-0.1, -0.05) is 20.8 Å². The van der Waals surface area contributed by atoms with Crippen LogP contribution in [0.2, 0.25) is 0 Å². The number of carbonyl (C=O) groups excluding carboxylic acids is 1. The van der Waals surface area contributed by atoms with Crippen molar-refractivity contribution < 1.29 is 13.9 Å².